The van der Waals surface area contributed by atoms with Gasteiger partial charge in [0.15, 0.2) is 5.76 Å². The van der Waals surface area contributed by atoms with Crippen molar-refractivity contribution in [2.24, 2.45) is 0 Å². The van der Waals surface area contributed by atoms with Crippen LogP contribution in [0.3, 0.4) is 0 Å². The van der Waals surface area contributed by atoms with E-state index in [9.17, 15) is 4.79 Å². The Kier molecular flexibility index (Phi) is 2.11. The molecule has 2 rings (SSSR count). The highest BCUT2D eigenvalue weighted by atomic mass is 16.3. The van der Waals surface area contributed by atoms with Crippen LogP contribution in [0.25, 0.3) is 11.0 Å². The number of hydrogen-bond donors (Lipinski definition) is 2. The number of carbonyl (C=O) groups excluding carboxylic acids is 1. The van der Waals surface area contributed by atoms with Crippen LogP contribution in [-0.2, 0) is 0 Å². The van der Waals surface area contributed by atoms with Crippen molar-refractivity contribution in [3.8, 4) is 0 Å². The minimum absolute atomic E-state index is 0.233. The molecule has 1 aromatic heterocycles. The molecule has 0 aliphatic heterocycles. The lowest BCUT2D eigenvalue weighted by Gasteiger charge is -1.96. The Balaban J connectivity index is 2.75. The molecule has 1 heterocycles. The van der Waals surface area contributed by atoms with Crippen molar-refractivity contribution < 1.29 is 9.21 Å². The van der Waals surface area contributed by atoms with Crippen molar-refractivity contribution in [2.75, 3.05) is 12.8 Å². The van der Waals surface area contributed by atoms with Crippen LogP contribution in [0.1, 0.15) is 16.1 Å². The standard InChI is InChI=1S/C11H12N2O2/c1-6-9-7(12)4-3-5-8(9)15-10(6)11(14)13-2/h3-5H,12H2,1-2H3,(H,13,14). The van der Waals surface area contributed by atoms with Crippen molar-refractivity contribution in [1.29, 1.82) is 0 Å². The lowest BCUT2D eigenvalue weighted by Crippen LogP contribution is -2.17. The third-order valence-corrected chi connectivity index (χ3v) is 2.42. The van der Waals surface area contributed by atoms with Crippen LogP contribution in [0.2, 0.25) is 0 Å². The molecule has 0 saturated heterocycles. The Labute approximate surface area is 87.1 Å². The van der Waals surface area contributed by atoms with Crippen LogP contribution in [-0.4, -0.2) is 13.0 Å². The van der Waals surface area contributed by atoms with E-state index in [0.717, 1.165) is 10.9 Å². The molecule has 0 fully saturated rings. The zero-order valence-electron chi connectivity index (χ0n) is 8.63. The predicted molar refractivity (Wildman–Crippen MR) is 58.8 cm³/mol. The van der Waals surface area contributed by atoms with Gasteiger partial charge in [-0.05, 0) is 19.1 Å². The zero-order chi connectivity index (χ0) is 11.0. The number of carbonyl (C=O) groups is 1. The van der Waals surface area contributed by atoms with Gasteiger partial charge in [0.25, 0.3) is 5.91 Å². The molecule has 3 N–H and O–H groups in total. The SMILES string of the molecule is CNC(=O)c1oc2cccc(N)c2c1C. The molecule has 4 heteroatoms. The van der Waals surface area contributed by atoms with Gasteiger partial charge in [-0.3, -0.25) is 4.79 Å². The summed E-state index contributed by atoms with van der Waals surface area (Å²) in [6.07, 6.45) is 0. The molecule has 0 saturated carbocycles. The average Bonchev–Trinajstić information content (AvgIpc) is 2.56. The van der Waals surface area contributed by atoms with Gasteiger partial charge in [-0.1, -0.05) is 6.07 Å². The van der Waals surface area contributed by atoms with E-state index in [0.29, 0.717) is 17.0 Å². The number of nitrogen functional groups attached to an aromatic ring is 1. The summed E-state index contributed by atoms with van der Waals surface area (Å²) in [5, 5.41) is 3.34. The van der Waals surface area contributed by atoms with Gasteiger partial charge in [-0.15, -0.1) is 0 Å². The average molecular weight is 204 g/mol. The van der Waals surface area contributed by atoms with E-state index in [4.69, 9.17) is 10.2 Å². The summed E-state index contributed by atoms with van der Waals surface area (Å²) in [6.45, 7) is 1.83. The lowest BCUT2D eigenvalue weighted by molar-refractivity contribution is 0.0937. The quantitative estimate of drug-likeness (QED) is 0.694. The van der Waals surface area contributed by atoms with E-state index in [2.05, 4.69) is 5.32 Å². The minimum atomic E-state index is -0.233. The van der Waals surface area contributed by atoms with Gasteiger partial charge in [0, 0.05) is 23.7 Å². The number of fused-ring (bicyclic) bond motifs is 1. The summed E-state index contributed by atoms with van der Waals surface area (Å²) in [5.74, 6) is 0.0912. The Morgan fingerprint density at radius 1 is 1.47 bits per heavy atom. The summed E-state index contributed by atoms with van der Waals surface area (Å²) in [5.41, 5.74) is 7.87. The molecule has 2 aromatic rings. The molecule has 0 spiro atoms. The number of aryl methyl sites for hydroxylation is 1. The third-order valence-electron chi connectivity index (χ3n) is 2.42. The summed E-state index contributed by atoms with van der Waals surface area (Å²) in [6, 6.07) is 5.39. The molecule has 0 bridgehead atoms. The largest absolute Gasteiger partial charge is 0.451 e. The molecular formula is C11H12N2O2. The number of anilines is 1. The van der Waals surface area contributed by atoms with Crippen LogP contribution < -0.4 is 11.1 Å². The second-order valence-electron chi connectivity index (χ2n) is 3.36. The van der Waals surface area contributed by atoms with Crippen LogP contribution in [0.4, 0.5) is 5.69 Å². The first-order chi connectivity index (χ1) is 7.15. The fourth-order valence-corrected chi connectivity index (χ4v) is 1.66. The van der Waals surface area contributed by atoms with Crippen LogP contribution in [0.15, 0.2) is 22.6 Å². The summed E-state index contributed by atoms with van der Waals surface area (Å²) < 4.78 is 5.44. The number of benzene rings is 1. The predicted octanol–water partition coefficient (Wildman–Crippen LogP) is 1.68. The van der Waals surface area contributed by atoms with Gasteiger partial charge < -0.3 is 15.5 Å². The van der Waals surface area contributed by atoms with Gasteiger partial charge in [-0.2, -0.15) is 0 Å². The lowest BCUT2D eigenvalue weighted by atomic mass is 10.1. The fraction of sp³-hybridized carbons (Fsp3) is 0.182. The van der Waals surface area contributed by atoms with Gasteiger partial charge >= 0.3 is 0 Å². The maximum atomic E-state index is 11.5. The minimum Gasteiger partial charge on any atom is -0.451 e. The highest BCUT2D eigenvalue weighted by Crippen LogP contribution is 2.29. The normalized spacial score (nSPS) is 10.5. The van der Waals surface area contributed by atoms with Crippen molar-refractivity contribution in [1.82, 2.24) is 5.32 Å². The summed E-state index contributed by atoms with van der Waals surface area (Å²) in [7, 11) is 1.57. The number of hydrogen-bond acceptors (Lipinski definition) is 3. The van der Waals surface area contributed by atoms with E-state index in [1.54, 1.807) is 25.2 Å². The number of rotatable bonds is 1. The van der Waals surface area contributed by atoms with E-state index in [-0.39, 0.29) is 5.91 Å². The third kappa shape index (κ3) is 1.34. The second-order valence-corrected chi connectivity index (χ2v) is 3.36. The molecule has 0 aliphatic rings. The molecule has 0 aliphatic carbocycles. The van der Waals surface area contributed by atoms with Gasteiger partial charge in [0.2, 0.25) is 0 Å². The van der Waals surface area contributed by atoms with Crippen molar-refractivity contribution in [2.45, 2.75) is 6.92 Å². The van der Waals surface area contributed by atoms with E-state index in [1.165, 1.54) is 0 Å². The Bertz CT molecular complexity index is 529. The monoisotopic (exact) mass is 204 g/mol. The summed E-state index contributed by atoms with van der Waals surface area (Å²) in [4.78, 5) is 11.5. The highest BCUT2D eigenvalue weighted by Gasteiger charge is 2.17. The maximum absolute atomic E-state index is 11.5. The molecule has 15 heavy (non-hydrogen) atoms. The molecule has 4 nitrogen and oxygen atoms in total. The fourth-order valence-electron chi connectivity index (χ4n) is 1.66. The van der Waals surface area contributed by atoms with Gasteiger partial charge in [0.1, 0.15) is 5.58 Å². The molecular weight excluding hydrogens is 192 g/mol. The van der Waals surface area contributed by atoms with Crippen molar-refractivity contribution in [3.63, 3.8) is 0 Å². The molecule has 78 valence electrons. The van der Waals surface area contributed by atoms with Crippen molar-refractivity contribution >= 4 is 22.6 Å². The smallest absolute Gasteiger partial charge is 0.287 e. The first-order valence-electron chi connectivity index (χ1n) is 4.65. The van der Waals surface area contributed by atoms with Crippen LogP contribution in [0.5, 0.6) is 0 Å². The molecule has 0 radical (unpaired) electrons. The van der Waals surface area contributed by atoms with E-state index in [1.807, 2.05) is 6.92 Å². The number of nitrogens with one attached hydrogen (secondary N) is 1. The van der Waals surface area contributed by atoms with E-state index >= 15 is 0 Å². The van der Waals surface area contributed by atoms with Crippen LogP contribution >= 0.6 is 0 Å². The summed E-state index contributed by atoms with van der Waals surface area (Å²) >= 11 is 0. The first-order valence-corrected chi connectivity index (χ1v) is 4.65. The van der Waals surface area contributed by atoms with Crippen LogP contribution in [0, 0.1) is 6.92 Å². The number of nitrogens with two attached hydrogens (primary N) is 1. The Morgan fingerprint density at radius 2 is 2.20 bits per heavy atom. The second kappa shape index (κ2) is 3.31. The van der Waals surface area contributed by atoms with E-state index < -0.39 is 0 Å². The Morgan fingerprint density at radius 3 is 2.80 bits per heavy atom. The van der Waals surface area contributed by atoms with Gasteiger partial charge in [-0.25, -0.2) is 0 Å². The molecule has 0 atom stereocenters. The molecule has 1 amide bonds. The maximum Gasteiger partial charge on any atom is 0.287 e. The molecule has 1 aromatic carbocycles. The topological polar surface area (TPSA) is 68.3 Å². The highest BCUT2D eigenvalue weighted by molar-refractivity contribution is 6.02. The zero-order valence-corrected chi connectivity index (χ0v) is 8.63. The Hall–Kier alpha value is -1.97. The van der Waals surface area contributed by atoms with Crippen molar-refractivity contribution in [3.05, 3.63) is 29.5 Å². The molecule has 0 unspecified atom stereocenters. The number of amides is 1. The number of furan rings is 1. The van der Waals surface area contributed by atoms with Gasteiger partial charge in [0.05, 0.1) is 0 Å². The first kappa shape index (κ1) is 9.58.